The first-order chi connectivity index (χ1) is 7.45. The van der Waals surface area contributed by atoms with Crippen LogP contribution in [0.2, 0.25) is 0 Å². The summed E-state index contributed by atoms with van der Waals surface area (Å²) in [5, 5.41) is 3.52. The van der Waals surface area contributed by atoms with Crippen LogP contribution in [0.25, 0.3) is 0 Å². The summed E-state index contributed by atoms with van der Waals surface area (Å²) in [5.74, 6) is 0.876. The van der Waals surface area contributed by atoms with Crippen molar-refractivity contribution >= 4 is 0 Å². The van der Waals surface area contributed by atoms with E-state index in [2.05, 4.69) is 22.4 Å². The molecule has 0 radical (unpaired) electrons. The summed E-state index contributed by atoms with van der Waals surface area (Å²) in [5.41, 5.74) is 1.43. The van der Waals surface area contributed by atoms with Crippen LogP contribution >= 0.6 is 0 Å². The van der Waals surface area contributed by atoms with E-state index in [0.717, 1.165) is 5.92 Å². The predicted molar refractivity (Wildman–Crippen MR) is 62.8 cm³/mol. The maximum absolute atomic E-state index is 4.04. The van der Waals surface area contributed by atoms with Crippen molar-refractivity contribution in [2.75, 3.05) is 13.1 Å². The molecule has 1 saturated heterocycles. The Morgan fingerprint density at radius 2 is 2.13 bits per heavy atom. The fraction of sp³-hybridized carbons (Fsp3) is 0.615. The van der Waals surface area contributed by atoms with E-state index in [1.54, 1.807) is 0 Å². The van der Waals surface area contributed by atoms with Gasteiger partial charge in [-0.05, 0) is 62.4 Å². The molecule has 1 atom stereocenters. The number of nitrogens with zero attached hydrogens (tertiary/aromatic N) is 1. The zero-order chi connectivity index (χ0) is 10.3. The number of nitrogens with one attached hydrogen (secondary N) is 1. The molecule has 0 aromatic carbocycles. The van der Waals surface area contributed by atoms with Crippen molar-refractivity contribution in [2.45, 2.75) is 32.1 Å². The number of pyridine rings is 1. The van der Waals surface area contributed by atoms with Crippen molar-refractivity contribution in [3.05, 3.63) is 30.1 Å². The molecule has 0 aliphatic carbocycles. The van der Waals surface area contributed by atoms with Crippen LogP contribution < -0.4 is 5.32 Å². The lowest BCUT2D eigenvalue weighted by Crippen LogP contribution is -2.20. The third kappa shape index (κ3) is 3.63. The van der Waals surface area contributed by atoms with E-state index >= 15 is 0 Å². The Balaban J connectivity index is 1.77. The molecule has 1 aliphatic rings. The Morgan fingerprint density at radius 3 is 3.00 bits per heavy atom. The zero-order valence-corrected chi connectivity index (χ0v) is 9.28. The van der Waals surface area contributed by atoms with Gasteiger partial charge in [-0.1, -0.05) is 6.42 Å². The standard InChI is InChI=1S/C13H20N2/c1-2-8-15-11-13(3-1)5-4-12-6-9-14-10-7-12/h6-7,9-10,13,15H,1-5,8,11H2. The van der Waals surface area contributed by atoms with Crippen LogP contribution in [-0.4, -0.2) is 18.1 Å². The van der Waals surface area contributed by atoms with Crippen molar-refractivity contribution < 1.29 is 0 Å². The maximum Gasteiger partial charge on any atom is 0.0270 e. The number of hydrogen-bond donors (Lipinski definition) is 1. The average Bonchev–Trinajstić information content (AvgIpc) is 2.56. The molecule has 1 fully saturated rings. The smallest absolute Gasteiger partial charge is 0.0270 e. The lowest BCUT2D eigenvalue weighted by atomic mass is 9.96. The minimum atomic E-state index is 0.876. The van der Waals surface area contributed by atoms with Crippen molar-refractivity contribution in [1.82, 2.24) is 10.3 Å². The van der Waals surface area contributed by atoms with Gasteiger partial charge in [-0.2, -0.15) is 0 Å². The van der Waals surface area contributed by atoms with Crippen LogP contribution in [0.3, 0.4) is 0 Å². The fourth-order valence-electron chi connectivity index (χ4n) is 2.26. The Bertz CT molecular complexity index is 263. The number of aromatic nitrogens is 1. The molecule has 82 valence electrons. The minimum Gasteiger partial charge on any atom is -0.316 e. The summed E-state index contributed by atoms with van der Waals surface area (Å²) in [4.78, 5) is 4.04. The van der Waals surface area contributed by atoms with E-state index in [1.807, 2.05) is 12.4 Å². The van der Waals surface area contributed by atoms with E-state index in [-0.39, 0.29) is 0 Å². The molecule has 2 nitrogen and oxygen atoms in total. The van der Waals surface area contributed by atoms with Gasteiger partial charge >= 0.3 is 0 Å². The molecular weight excluding hydrogens is 184 g/mol. The molecule has 15 heavy (non-hydrogen) atoms. The van der Waals surface area contributed by atoms with Crippen LogP contribution in [0.5, 0.6) is 0 Å². The second kappa shape index (κ2) is 5.86. The van der Waals surface area contributed by atoms with Gasteiger partial charge in [0, 0.05) is 12.4 Å². The molecule has 1 unspecified atom stereocenters. The second-order valence-electron chi connectivity index (χ2n) is 4.46. The molecule has 1 N–H and O–H groups in total. The van der Waals surface area contributed by atoms with Crippen LogP contribution in [0.15, 0.2) is 24.5 Å². The van der Waals surface area contributed by atoms with Crippen LogP contribution in [0.1, 0.15) is 31.2 Å². The highest BCUT2D eigenvalue weighted by Crippen LogP contribution is 2.17. The van der Waals surface area contributed by atoms with E-state index in [9.17, 15) is 0 Å². The van der Waals surface area contributed by atoms with Gasteiger partial charge in [0.25, 0.3) is 0 Å². The summed E-state index contributed by atoms with van der Waals surface area (Å²) in [6.45, 7) is 2.43. The first-order valence-corrected chi connectivity index (χ1v) is 6.05. The minimum absolute atomic E-state index is 0.876. The van der Waals surface area contributed by atoms with E-state index < -0.39 is 0 Å². The van der Waals surface area contributed by atoms with Crippen molar-refractivity contribution in [1.29, 1.82) is 0 Å². The molecule has 1 aromatic heterocycles. The summed E-state index contributed by atoms with van der Waals surface area (Å²) in [7, 11) is 0. The van der Waals surface area contributed by atoms with Gasteiger partial charge in [-0.15, -0.1) is 0 Å². The highest BCUT2D eigenvalue weighted by atomic mass is 14.9. The van der Waals surface area contributed by atoms with Gasteiger partial charge < -0.3 is 5.32 Å². The largest absolute Gasteiger partial charge is 0.316 e. The molecular formula is C13H20N2. The monoisotopic (exact) mass is 204 g/mol. The van der Waals surface area contributed by atoms with Crippen molar-refractivity contribution in [2.24, 2.45) is 5.92 Å². The van der Waals surface area contributed by atoms with Gasteiger partial charge in [0.15, 0.2) is 0 Å². The van der Waals surface area contributed by atoms with E-state index in [4.69, 9.17) is 0 Å². The van der Waals surface area contributed by atoms with Crippen LogP contribution in [0, 0.1) is 5.92 Å². The summed E-state index contributed by atoms with van der Waals surface area (Å²) < 4.78 is 0. The first-order valence-electron chi connectivity index (χ1n) is 6.05. The van der Waals surface area contributed by atoms with Crippen molar-refractivity contribution in [3.63, 3.8) is 0 Å². The third-order valence-electron chi connectivity index (χ3n) is 3.24. The zero-order valence-electron chi connectivity index (χ0n) is 9.28. The molecule has 2 heterocycles. The topological polar surface area (TPSA) is 24.9 Å². The molecule has 0 amide bonds. The SMILES string of the molecule is c1cc(CCC2CCCCNC2)ccn1. The summed E-state index contributed by atoms with van der Waals surface area (Å²) in [6.07, 6.45) is 10.4. The molecule has 0 bridgehead atoms. The highest BCUT2D eigenvalue weighted by Gasteiger charge is 2.11. The quantitative estimate of drug-likeness (QED) is 0.818. The maximum atomic E-state index is 4.04. The average molecular weight is 204 g/mol. The van der Waals surface area contributed by atoms with E-state index in [0.29, 0.717) is 0 Å². The van der Waals surface area contributed by atoms with Gasteiger partial charge in [0.05, 0.1) is 0 Å². The number of aryl methyl sites for hydroxylation is 1. The van der Waals surface area contributed by atoms with Gasteiger partial charge in [0.1, 0.15) is 0 Å². The Labute approximate surface area is 92.1 Å². The lowest BCUT2D eigenvalue weighted by Gasteiger charge is -2.13. The molecule has 0 saturated carbocycles. The van der Waals surface area contributed by atoms with E-state index in [1.165, 1.54) is 50.8 Å². The Morgan fingerprint density at radius 1 is 1.27 bits per heavy atom. The van der Waals surface area contributed by atoms with Crippen LogP contribution in [-0.2, 0) is 6.42 Å². The normalized spacial score (nSPS) is 22.3. The molecule has 2 rings (SSSR count). The third-order valence-corrected chi connectivity index (χ3v) is 3.24. The van der Waals surface area contributed by atoms with Crippen LogP contribution in [0.4, 0.5) is 0 Å². The predicted octanol–water partition coefficient (Wildman–Crippen LogP) is 2.40. The molecule has 2 heteroatoms. The highest BCUT2D eigenvalue weighted by molar-refractivity contribution is 5.09. The van der Waals surface area contributed by atoms with Gasteiger partial charge in [0.2, 0.25) is 0 Å². The summed E-state index contributed by atoms with van der Waals surface area (Å²) >= 11 is 0. The molecule has 1 aromatic rings. The number of rotatable bonds is 3. The number of hydrogen-bond acceptors (Lipinski definition) is 2. The molecule has 0 spiro atoms. The van der Waals surface area contributed by atoms with Gasteiger partial charge in [-0.3, -0.25) is 4.98 Å². The van der Waals surface area contributed by atoms with Crippen molar-refractivity contribution in [3.8, 4) is 0 Å². The second-order valence-corrected chi connectivity index (χ2v) is 4.46. The van der Waals surface area contributed by atoms with Gasteiger partial charge in [-0.25, -0.2) is 0 Å². The lowest BCUT2D eigenvalue weighted by molar-refractivity contribution is 0.447. The molecule has 1 aliphatic heterocycles. The summed E-state index contributed by atoms with van der Waals surface area (Å²) in [6, 6.07) is 4.26. The Kier molecular flexibility index (Phi) is 4.15. The Hall–Kier alpha value is -0.890. The fourth-order valence-corrected chi connectivity index (χ4v) is 2.26. The first kappa shape index (κ1) is 10.6.